The number of fused-ring (bicyclic) bond motifs is 1. The third kappa shape index (κ3) is 2.77. The molecule has 0 atom stereocenters. The van der Waals surface area contributed by atoms with Gasteiger partial charge in [-0.2, -0.15) is 0 Å². The van der Waals surface area contributed by atoms with Crippen molar-refractivity contribution < 1.29 is 18.3 Å². The molecule has 0 saturated heterocycles. The van der Waals surface area contributed by atoms with Gasteiger partial charge < -0.3 is 9.30 Å². The average molecular weight is 257 g/mol. The number of hydrogen-bond acceptors (Lipinski definition) is 2. The minimum atomic E-state index is -2.42. The number of rotatable bonds is 5. The number of aryl methyl sites for hydroxylation is 1. The van der Waals surface area contributed by atoms with Crippen molar-refractivity contribution >= 4 is 5.78 Å². The number of hydrogen-bond donors (Lipinski definition) is 0. The highest BCUT2D eigenvalue weighted by Gasteiger charge is 2.22. The highest BCUT2D eigenvalue weighted by Crippen LogP contribution is 2.24. The molecule has 3 nitrogen and oxygen atoms in total. The lowest BCUT2D eigenvalue weighted by Crippen LogP contribution is -2.16. The van der Waals surface area contributed by atoms with Crippen molar-refractivity contribution in [2.45, 2.75) is 39.2 Å². The highest BCUT2D eigenvalue weighted by atomic mass is 19.3. The molecule has 0 aromatic carbocycles. The number of halogens is 2. The molecule has 18 heavy (non-hydrogen) atoms. The fourth-order valence-electron chi connectivity index (χ4n) is 2.43. The van der Waals surface area contributed by atoms with Crippen molar-refractivity contribution in [1.29, 1.82) is 0 Å². The number of nitrogens with zero attached hydrogens (tertiary/aromatic N) is 1. The van der Waals surface area contributed by atoms with Gasteiger partial charge in [-0.1, -0.05) is 0 Å². The van der Waals surface area contributed by atoms with Crippen LogP contribution in [0.2, 0.25) is 0 Å². The van der Waals surface area contributed by atoms with Crippen LogP contribution in [0.3, 0.4) is 0 Å². The Morgan fingerprint density at radius 1 is 1.44 bits per heavy atom. The molecule has 2 rings (SSSR count). The lowest BCUT2D eigenvalue weighted by atomic mass is 9.97. The van der Waals surface area contributed by atoms with Crippen LogP contribution in [0.4, 0.5) is 8.78 Å². The summed E-state index contributed by atoms with van der Waals surface area (Å²) in [4.78, 5) is 11.7. The molecule has 0 aliphatic heterocycles. The largest absolute Gasteiger partial charge is 0.374 e. The Bertz CT molecular complexity index is 440. The second kappa shape index (κ2) is 5.61. The van der Waals surface area contributed by atoms with Crippen LogP contribution < -0.4 is 0 Å². The smallest absolute Gasteiger partial charge is 0.261 e. The minimum Gasteiger partial charge on any atom is -0.374 e. The number of carbonyl (C=O) groups is 1. The molecular weight excluding hydrogens is 240 g/mol. The number of ketones is 1. The van der Waals surface area contributed by atoms with E-state index in [1.807, 2.05) is 17.6 Å². The van der Waals surface area contributed by atoms with Gasteiger partial charge in [0.1, 0.15) is 6.61 Å². The Balaban J connectivity index is 2.02. The molecule has 0 amide bonds. The molecule has 1 aliphatic rings. The van der Waals surface area contributed by atoms with Crippen LogP contribution in [0.25, 0.3) is 0 Å². The first kappa shape index (κ1) is 13.2. The Kier molecular flexibility index (Phi) is 4.11. The molecule has 1 aliphatic carbocycles. The van der Waals surface area contributed by atoms with Crippen LogP contribution in [0.1, 0.15) is 34.6 Å². The molecule has 0 bridgehead atoms. The quantitative estimate of drug-likeness (QED) is 0.759. The SMILES string of the molecule is Cc1cc2c(n1CCOCC(F)F)CCCC2=O. The monoisotopic (exact) mass is 257 g/mol. The molecule has 1 aromatic rings. The summed E-state index contributed by atoms with van der Waals surface area (Å²) >= 11 is 0. The lowest BCUT2D eigenvalue weighted by Gasteiger charge is -2.16. The Hall–Kier alpha value is -1.23. The van der Waals surface area contributed by atoms with Crippen molar-refractivity contribution in [3.8, 4) is 0 Å². The Morgan fingerprint density at radius 2 is 2.22 bits per heavy atom. The van der Waals surface area contributed by atoms with Gasteiger partial charge in [-0.15, -0.1) is 0 Å². The summed E-state index contributed by atoms with van der Waals surface area (Å²) in [6, 6.07) is 1.89. The van der Waals surface area contributed by atoms with Crippen molar-refractivity contribution in [2.75, 3.05) is 13.2 Å². The van der Waals surface area contributed by atoms with E-state index in [2.05, 4.69) is 0 Å². The van der Waals surface area contributed by atoms with Gasteiger partial charge in [0, 0.05) is 29.9 Å². The van der Waals surface area contributed by atoms with Crippen molar-refractivity contribution in [2.24, 2.45) is 0 Å². The minimum absolute atomic E-state index is 0.187. The molecule has 0 saturated carbocycles. The second-order valence-corrected chi connectivity index (χ2v) is 4.54. The topological polar surface area (TPSA) is 31.2 Å². The third-order valence-electron chi connectivity index (χ3n) is 3.24. The molecule has 1 aromatic heterocycles. The van der Waals surface area contributed by atoms with Crippen molar-refractivity contribution in [3.05, 3.63) is 23.0 Å². The molecule has 100 valence electrons. The summed E-state index contributed by atoms with van der Waals surface area (Å²) in [6.07, 6.45) is -0.0683. The molecule has 0 unspecified atom stereocenters. The number of aromatic nitrogens is 1. The van der Waals surface area contributed by atoms with Gasteiger partial charge in [0.25, 0.3) is 6.43 Å². The second-order valence-electron chi connectivity index (χ2n) is 4.54. The Labute approximate surface area is 105 Å². The number of alkyl halides is 2. The molecule has 0 N–H and O–H groups in total. The molecule has 0 fully saturated rings. The maximum Gasteiger partial charge on any atom is 0.261 e. The predicted molar refractivity (Wildman–Crippen MR) is 63.3 cm³/mol. The van der Waals surface area contributed by atoms with Gasteiger partial charge in [0.2, 0.25) is 0 Å². The summed E-state index contributed by atoms with van der Waals surface area (Å²) < 4.78 is 30.8. The zero-order valence-corrected chi connectivity index (χ0v) is 10.4. The first-order valence-corrected chi connectivity index (χ1v) is 6.17. The average Bonchev–Trinajstić information content (AvgIpc) is 2.63. The number of carbonyl (C=O) groups excluding carboxylic acids is 1. The van der Waals surface area contributed by atoms with Crippen LogP contribution in [-0.2, 0) is 17.7 Å². The summed E-state index contributed by atoms with van der Waals surface area (Å²) in [5.41, 5.74) is 2.83. The van der Waals surface area contributed by atoms with Crippen molar-refractivity contribution in [1.82, 2.24) is 4.57 Å². The van der Waals surface area contributed by atoms with E-state index in [1.54, 1.807) is 0 Å². The number of Topliss-reactive ketones (excluding diaryl/α,β-unsaturated/α-hetero) is 1. The zero-order chi connectivity index (χ0) is 13.1. The molecule has 5 heteroatoms. The highest BCUT2D eigenvalue weighted by molar-refractivity contribution is 5.98. The lowest BCUT2D eigenvalue weighted by molar-refractivity contribution is 0.0145. The fourth-order valence-corrected chi connectivity index (χ4v) is 2.43. The van der Waals surface area contributed by atoms with E-state index in [0.717, 1.165) is 29.8 Å². The van der Waals surface area contributed by atoms with E-state index in [1.165, 1.54) is 0 Å². The van der Waals surface area contributed by atoms with Gasteiger partial charge in [-0.3, -0.25) is 4.79 Å². The van der Waals surface area contributed by atoms with Crippen LogP contribution >= 0.6 is 0 Å². The van der Waals surface area contributed by atoms with E-state index in [-0.39, 0.29) is 12.4 Å². The van der Waals surface area contributed by atoms with E-state index in [4.69, 9.17) is 4.74 Å². The van der Waals surface area contributed by atoms with E-state index in [0.29, 0.717) is 13.0 Å². The maximum atomic E-state index is 11.9. The zero-order valence-electron chi connectivity index (χ0n) is 10.4. The Morgan fingerprint density at radius 3 is 2.94 bits per heavy atom. The summed E-state index contributed by atoms with van der Waals surface area (Å²) in [7, 11) is 0. The predicted octanol–water partition coefficient (Wildman–Crippen LogP) is 2.60. The van der Waals surface area contributed by atoms with Crippen molar-refractivity contribution in [3.63, 3.8) is 0 Å². The first-order valence-electron chi connectivity index (χ1n) is 6.17. The van der Waals surface area contributed by atoms with Crippen LogP contribution in [0.5, 0.6) is 0 Å². The molecule has 0 spiro atoms. The van der Waals surface area contributed by atoms with Gasteiger partial charge in [-0.25, -0.2) is 8.78 Å². The third-order valence-corrected chi connectivity index (χ3v) is 3.24. The van der Waals surface area contributed by atoms with Gasteiger partial charge in [0.05, 0.1) is 6.61 Å². The summed E-state index contributed by atoms with van der Waals surface area (Å²) in [5.74, 6) is 0.187. The summed E-state index contributed by atoms with van der Waals surface area (Å²) in [6.45, 7) is 2.18. The van der Waals surface area contributed by atoms with Crippen LogP contribution in [-0.4, -0.2) is 30.0 Å². The number of ether oxygens (including phenoxy) is 1. The molecular formula is C13H17F2NO2. The first-order chi connectivity index (χ1) is 8.59. The van der Waals surface area contributed by atoms with Crippen LogP contribution in [0, 0.1) is 6.92 Å². The fraction of sp³-hybridized carbons (Fsp3) is 0.615. The van der Waals surface area contributed by atoms with Crippen LogP contribution in [0.15, 0.2) is 6.07 Å². The maximum absolute atomic E-state index is 11.9. The van der Waals surface area contributed by atoms with Gasteiger partial charge in [0.15, 0.2) is 5.78 Å². The van der Waals surface area contributed by atoms with Gasteiger partial charge >= 0.3 is 0 Å². The van der Waals surface area contributed by atoms with E-state index >= 15 is 0 Å². The van der Waals surface area contributed by atoms with E-state index in [9.17, 15) is 13.6 Å². The molecule has 0 radical (unpaired) electrons. The molecule has 1 heterocycles. The normalized spacial score (nSPS) is 15.2. The standard InChI is InChI=1S/C13H17F2NO2/c1-9-7-10-11(3-2-4-12(10)17)16(9)5-6-18-8-13(14)15/h7,13H,2-6,8H2,1H3. The summed E-state index contributed by atoms with van der Waals surface area (Å²) in [5, 5.41) is 0. The van der Waals surface area contributed by atoms with E-state index < -0.39 is 13.0 Å². The van der Waals surface area contributed by atoms with Gasteiger partial charge in [-0.05, 0) is 25.8 Å².